The van der Waals surface area contributed by atoms with Gasteiger partial charge in [-0.3, -0.25) is 5.41 Å². The molecule has 1 saturated carbocycles. The lowest BCUT2D eigenvalue weighted by atomic mass is 9.93. The first kappa shape index (κ1) is 28.3. The maximum atomic E-state index is 13.3. The fourth-order valence-electron chi connectivity index (χ4n) is 4.37. The van der Waals surface area contributed by atoms with Crippen molar-refractivity contribution in [1.29, 1.82) is 5.41 Å². The van der Waals surface area contributed by atoms with Gasteiger partial charge in [-0.2, -0.15) is 31.3 Å². The highest BCUT2D eigenvalue weighted by Crippen LogP contribution is 2.38. The van der Waals surface area contributed by atoms with Crippen molar-refractivity contribution in [1.82, 2.24) is 9.97 Å². The minimum absolute atomic E-state index is 0.0464. The van der Waals surface area contributed by atoms with Crippen molar-refractivity contribution >= 4 is 23.2 Å². The first-order valence-electron chi connectivity index (χ1n) is 12.4. The van der Waals surface area contributed by atoms with E-state index in [-0.39, 0.29) is 29.6 Å². The monoisotopic (exact) mass is 551 g/mol. The van der Waals surface area contributed by atoms with E-state index < -0.39 is 35.3 Å². The van der Waals surface area contributed by atoms with Crippen LogP contribution in [0.3, 0.4) is 0 Å². The van der Waals surface area contributed by atoms with Gasteiger partial charge in [0, 0.05) is 23.5 Å². The van der Waals surface area contributed by atoms with E-state index >= 15 is 0 Å². The molecule has 0 saturated heterocycles. The second kappa shape index (κ2) is 11.2. The van der Waals surface area contributed by atoms with Gasteiger partial charge in [-0.15, -0.1) is 0 Å². The summed E-state index contributed by atoms with van der Waals surface area (Å²) in [6, 6.07) is 8.41. The summed E-state index contributed by atoms with van der Waals surface area (Å²) < 4.78 is 79.8. The third-order valence-electron chi connectivity index (χ3n) is 6.59. The second-order valence-corrected chi connectivity index (χ2v) is 9.45. The van der Waals surface area contributed by atoms with Gasteiger partial charge in [0.25, 0.3) is 0 Å². The lowest BCUT2D eigenvalue weighted by molar-refractivity contribution is -0.143. The topological polar surface area (TPSA) is 93.9 Å². The molecular formula is C27H27F6N5O. The smallest absolute Gasteiger partial charge is 0.393 e. The minimum Gasteiger partial charge on any atom is -0.393 e. The van der Waals surface area contributed by atoms with E-state index in [2.05, 4.69) is 20.6 Å². The van der Waals surface area contributed by atoms with E-state index in [1.165, 1.54) is 6.20 Å². The molecule has 4 N–H and O–H groups in total. The van der Waals surface area contributed by atoms with Gasteiger partial charge in [-0.25, -0.2) is 4.98 Å². The number of aliphatic hydroxyl groups is 1. The average molecular weight is 552 g/mol. The molecule has 4 rings (SSSR count). The molecule has 0 aliphatic heterocycles. The van der Waals surface area contributed by atoms with E-state index in [4.69, 9.17) is 5.41 Å². The average Bonchev–Trinajstić information content (AvgIpc) is 2.89. The van der Waals surface area contributed by atoms with Gasteiger partial charge in [0.1, 0.15) is 5.82 Å². The van der Waals surface area contributed by atoms with Crippen LogP contribution in [0.25, 0.3) is 0 Å². The van der Waals surface area contributed by atoms with Crippen LogP contribution in [0.15, 0.2) is 48.7 Å². The molecule has 0 unspecified atom stereocenters. The van der Waals surface area contributed by atoms with Crippen LogP contribution in [0, 0.1) is 5.41 Å². The summed E-state index contributed by atoms with van der Waals surface area (Å²) >= 11 is 0. The molecule has 1 heterocycles. The molecule has 12 heteroatoms. The summed E-state index contributed by atoms with van der Waals surface area (Å²) in [5, 5.41) is 24.3. The summed E-state index contributed by atoms with van der Waals surface area (Å²) in [6.45, 7) is 2.01. The Kier molecular flexibility index (Phi) is 8.15. The maximum Gasteiger partial charge on any atom is 0.416 e. The Morgan fingerprint density at radius 2 is 1.54 bits per heavy atom. The number of halogens is 6. The molecule has 0 spiro atoms. The highest BCUT2D eigenvalue weighted by molar-refractivity contribution is 6.13. The number of aromatic nitrogens is 2. The number of nitrogens with one attached hydrogen (secondary N) is 3. The molecule has 1 aliphatic carbocycles. The van der Waals surface area contributed by atoms with Crippen LogP contribution in [0.4, 0.5) is 43.8 Å². The maximum absolute atomic E-state index is 13.3. The van der Waals surface area contributed by atoms with Gasteiger partial charge in [-0.05, 0) is 55.9 Å². The van der Waals surface area contributed by atoms with Crippen LogP contribution >= 0.6 is 0 Å². The summed E-state index contributed by atoms with van der Waals surface area (Å²) in [4.78, 5) is 8.44. The summed E-state index contributed by atoms with van der Waals surface area (Å²) in [5.41, 5.74) is -1.33. The van der Waals surface area contributed by atoms with Gasteiger partial charge < -0.3 is 15.7 Å². The quantitative estimate of drug-likeness (QED) is 0.188. The summed E-state index contributed by atoms with van der Waals surface area (Å²) in [7, 11) is 0. The van der Waals surface area contributed by atoms with Crippen molar-refractivity contribution < 1.29 is 31.4 Å². The first-order valence-corrected chi connectivity index (χ1v) is 12.4. The number of aliphatic hydroxyl groups excluding tert-OH is 1. The normalized spacial score (nSPS) is 18.1. The van der Waals surface area contributed by atoms with E-state index in [1.54, 1.807) is 12.1 Å². The van der Waals surface area contributed by atoms with Crippen LogP contribution in [0.1, 0.15) is 60.4 Å². The highest BCUT2D eigenvalue weighted by Gasteiger charge is 2.37. The molecule has 3 aromatic rings. The molecule has 1 fully saturated rings. The Balaban J connectivity index is 1.70. The Labute approximate surface area is 221 Å². The van der Waals surface area contributed by atoms with Crippen molar-refractivity contribution in [3.63, 3.8) is 0 Å². The van der Waals surface area contributed by atoms with Crippen molar-refractivity contribution in [2.24, 2.45) is 0 Å². The summed E-state index contributed by atoms with van der Waals surface area (Å²) in [5.74, 6) is -0.0276. The largest absolute Gasteiger partial charge is 0.416 e. The Hall–Kier alpha value is -3.67. The van der Waals surface area contributed by atoms with Gasteiger partial charge in [0.05, 0.1) is 28.5 Å². The Bertz CT molecular complexity index is 1280. The fraction of sp³-hybridized carbons (Fsp3) is 0.370. The molecule has 0 amide bonds. The van der Waals surface area contributed by atoms with Gasteiger partial charge in [0.15, 0.2) is 0 Å². The zero-order valence-electron chi connectivity index (χ0n) is 20.9. The zero-order chi connectivity index (χ0) is 28.4. The second-order valence-electron chi connectivity index (χ2n) is 9.45. The number of aryl methyl sites for hydroxylation is 1. The molecule has 2 aromatic carbocycles. The van der Waals surface area contributed by atoms with Gasteiger partial charge in [0.2, 0.25) is 5.95 Å². The van der Waals surface area contributed by atoms with Gasteiger partial charge in [-0.1, -0.05) is 31.2 Å². The van der Waals surface area contributed by atoms with Crippen LogP contribution in [-0.2, 0) is 18.8 Å². The molecule has 39 heavy (non-hydrogen) atoms. The third kappa shape index (κ3) is 7.05. The number of hydrogen-bond acceptors (Lipinski definition) is 6. The van der Waals surface area contributed by atoms with E-state index in [0.717, 1.165) is 12.0 Å². The van der Waals surface area contributed by atoms with Crippen LogP contribution in [0.5, 0.6) is 0 Å². The molecule has 208 valence electrons. The first-order chi connectivity index (χ1) is 18.3. The number of nitrogens with zero attached hydrogens (tertiary/aromatic N) is 2. The SMILES string of the molecule is CCc1ccc(C(=N)c2cnc(Nc3cc(C(F)(F)F)cc(C(F)(F)F)c3)nc2NC2CCC(O)CC2)cc1. The predicted octanol–water partition coefficient (Wildman–Crippen LogP) is 6.95. The summed E-state index contributed by atoms with van der Waals surface area (Å²) in [6.07, 6.45) is -5.92. The number of alkyl halides is 6. The number of benzene rings is 2. The minimum atomic E-state index is -5.00. The van der Waals surface area contributed by atoms with E-state index in [9.17, 15) is 31.4 Å². The molecule has 0 radical (unpaired) electrons. The third-order valence-corrected chi connectivity index (χ3v) is 6.59. The Morgan fingerprint density at radius 3 is 2.08 bits per heavy atom. The van der Waals surface area contributed by atoms with Crippen LogP contribution in [-0.4, -0.2) is 32.9 Å². The molecule has 1 aliphatic rings. The number of hydrogen-bond donors (Lipinski definition) is 4. The van der Waals surface area contributed by atoms with Crippen molar-refractivity contribution in [2.75, 3.05) is 10.6 Å². The molecule has 0 atom stereocenters. The molecule has 0 bridgehead atoms. The van der Waals surface area contributed by atoms with Crippen LogP contribution in [0.2, 0.25) is 0 Å². The number of anilines is 3. The fourth-order valence-corrected chi connectivity index (χ4v) is 4.37. The Morgan fingerprint density at radius 1 is 0.949 bits per heavy atom. The predicted molar refractivity (Wildman–Crippen MR) is 135 cm³/mol. The van der Waals surface area contributed by atoms with E-state index in [1.807, 2.05) is 19.1 Å². The highest BCUT2D eigenvalue weighted by atomic mass is 19.4. The van der Waals surface area contributed by atoms with Crippen molar-refractivity contribution in [3.05, 3.63) is 76.5 Å². The van der Waals surface area contributed by atoms with Crippen molar-refractivity contribution in [3.8, 4) is 0 Å². The van der Waals surface area contributed by atoms with Crippen molar-refractivity contribution in [2.45, 2.75) is 63.5 Å². The van der Waals surface area contributed by atoms with Crippen LogP contribution < -0.4 is 10.6 Å². The van der Waals surface area contributed by atoms with E-state index in [0.29, 0.717) is 48.9 Å². The zero-order valence-corrected chi connectivity index (χ0v) is 20.9. The lowest BCUT2D eigenvalue weighted by Crippen LogP contribution is -2.29. The standard InChI is InChI=1S/C27H27F6N5O/c1-2-15-3-5-16(6-4-15)23(34)22-14-35-25(38-24(22)36-19-7-9-21(39)10-8-19)37-20-12-17(26(28,29)30)11-18(13-20)27(31,32)33/h3-6,11-14,19,21,34,39H,2,7-10H2,1H3,(H2,35,36,37,38). The molecule has 6 nitrogen and oxygen atoms in total. The molecular weight excluding hydrogens is 524 g/mol. The molecule has 1 aromatic heterocycles. The van der Waals surface area contributed by atoms with Gasteiger partial charge >= 0.3 is 12.4 Å². The number of rotatable bonds is 7. The lowest BCUT2D eigenvalue weighted by Gasteiger charge is -2.27.